The van der Waals surface area contributed by atoms with Gasteiger partial charge in [0.1, 0.15) is 0 Å². The molecule has 0 fully saturated rings. The monoisotopic (exact) mass is 411 g/mol. The largest absolute Gasteiger partial charge is 0.434 e. The van der Waals surface area contributed by atoms with Crippen LogP contribution in [0.5, 0.6) is 0 Å². The second kappa shape index (κ2) is 6.69. The lowest BCUT2D eigenvalue weighted by atomic mass is 10.1. The number of aromatic nitrogens is 2. The van der Waals surface area contributed by atoms with Crippen LogP contribution in [-0.2, 0) is 19.1 Å². The van der Waals surface area contributed by atoms with Crippen LogP contribution in [0.3, 0.4) is 0 Å². The van der Waals surface area contributed by atoms with Gasteiger partial charge in [0.25, 0.3) is 5.91 Å². The maximum Gasteiger partial charge on any atom is 0.434 e. The first-order valence-electron chi connectivity index (χ1n) is 8.10. The Labute approximate surface area is 161 Å². The van der Waals surface area contributed by atoms with E-state index in [-0.39, 0.29) is 10.7 Å². The maximum absolute atomic E-state index is 13.8. The fourth-order valence-corrected chi connectivity index (χ4v) is 4.25. The zero-order valence-corrected chi connectivity index (χ0v) is 15.4. The molecule has 27 heavy (non-hydrogen) atoms. The Morgan fingerprint density at radius 2 is 2.07 bits per heavy atom. The van der Waals surface area contributed by atoms with Crippen molar-refractivity contribution >= 4 is 28.8 Å². The second-order valence-corrected chi connectivity index (χ2v) is 7.58. The molecule has 0 saturated carbocycles. The Kier molecular flexibility index (Phi) is 4.47. The Hall–Kier alpha value is -2.32. The highest BCUT2D eigenvalue weighted by molar-refractivity contribution is 7.10. The Morgan fingerprint density at radius 3 is 2.81 bits per heavy atom. The minimum Gasteiger partial charge on any atom is -0.334 e. The molecule has 0 spiro atoms. The Balaban J connectivity index is 1.74. The van der Waals surface area contributed by atoms with Gasteiger partial charge in [-0.2, -0.15) is 18.3 Å². The van der Waals surface area contributed by atoms with Crippen molar-refractivity contribution < 1.29 is 18.0 Å². The second-order valence-electron chi connectivity index (χ2n) is 6.14. The van der Waals surface area contributed by atoms with E-state index in [0.717, 1.165) is 16.4 Å². The Bertz CT molecular complexity index is 1010. The van der Waals surface area contributed by atoms with Gasteiger partial charge in [-0.1, -0.05) is 17.7 Å². The zero-order valence-electron chi connectivity index (χ0n) is 13.8. The van der Waals surface area contributed by atoms with Gasteiger partial charge in [-0.25, -0.2) is 4.68 Å². The zero-order chi connectivity index (χ0) is 19.2. The molecule has 1 aromatic carbocycles. The highest BCUT2D eigenvalue weighted by Gasteiger charge is 2.41. The predicted molar refractivity (Wildman–Crippen MR) is 96.3 cm³/mol. The third kappa shape index (κ3) is 3.35. The van der Waals surface area contributed by atoms with E-state index in [9.17, 15) is 18.0 Å². The summed E-state index contributed by atoms with van der Waals surface area (Å²) in [5.41, 5.74) is -0.421. The van der Waals surface area contributed by atoms with Crippen LogP contribution in [0.1, 0.15) is 26.5 Å². The first kappa shape index (κ1) is 18.1. The summed E-state index contributed by atoms with van der Waals surface area (Å²) in [5, 5.41) is 6.05. The molecule has 0 aliphatic carbocycles. The molecule has 3 aromatic rings. The van der Waals surface area contributed by atoms with Gasteiger partial charge in [-0.3, -0.25) is 4.79 Å². The van der Waals surface area contributed by atoms with Crippen LogP contribution in [-0.4, -0.2) is 27.1 Å². The van der Waals surface area contributed by atoms with E-state index < -0.39 is 23.3 Å². The van der Waals surface area contributed by atoms with E-state index in [1.54, 1.807) is 17.4 Å². The van der Waals surface area contributed by atoms with Crippen LogP contribution in [0.25, 0.3) is 5.69 Å². The van der Waals surface area contributed by atoms with Gasteiger partial charge in [0.05, 0.1) is 17.4 Å². The lowest BCUT2D eigenvalue weighted by Gasteiger charge is -2.27. The molecule has 0 bridgehead atoms. The Morgan fingerprint density at radius 1 is 1.26 bits per heavy atom. The van der Waals surface area contributed by atoms with E-state index in [0.29, 0.717) is 19.5 Å². The fraction of sp³-hybridized carbons (Fsp3) is 0.222. The van der Waals surface area contributed by atoms with E-state index in [1.807, 2.05) is 11.4 Å². The predicted octanol–water partition coefficient (Wildman–Crippen LogP) is 4.80. The number of hydrogen-bond donors (Lipinski definition) is 0. The number of halogens is 4. The molecule has 0 radical (unpaired) electrons. The molecule has 9 heteroatoms. The van der Waals surface area contributed by atoms with E-state index in [2.05, 4.69) is 5.10 Å². The van der Waals surface area contributed by atoms with Crippen molar-refractivity contribution in [2.45, 2.75) is 19.1 Å². The molecular weight excluding hydrogens is 399 g/mol. The highest BCUT2D eigenvalue weighted by Crippen LogP contribution is 2.35. The van der Waals surface area contributed by atoms with Crippen LogP contribution in [0.15, 0.2) is 41.9 Å². The topological polar surface area (TPSA) is 38.1 Å². The standard InChI is InChI=1S/C18H13ClF3N3OS/c19-12-2-1-3-13(8-12)25-16(18(20,21)22)14(9-23-25)17(26)24-6-4-15-11(10-24)5-7-27-15/h1-3,5,7-9H,4,6,10H2. The average molecular weight is 412 g/mol. The number of carbonyl (C=O) groups is 1. The molecule has 4 nitrogen and oxygen atoms in total. The number of rotatable bonds is 2. The number of thiophene rings is 1. The lowest BCUT2D eigenvalue weighted by Crippen LogP contribution is -2.36. The summed E-state index contributed by atoms with van der Waals surface area (Å²) in [6, 6.07) is 7.82. The molecule has 4 rings (SSSR count). The van der Waals surface area contributed by atoms with Crippen LogP contribution < -0.4 is 0 Å². The van der Waals surface area contributed by atoms with Crippen molar-refractivity contribution in [3.8, 4) is 5.69 Å². The summed E-state index contributed by atoms with van der Waals surface area (Å²) < 4.78 is 42.1. The summed E-state index contributed by atoms with van der Waals surface area (Å²) in [7, 11) is 0. The van der Waals surface area contributed by atoms with Gasteiger partial charge in [0.15, 0.2) is 5.69 Å². The highest BCUT2D eigenvalue weighted by atomic mass is 35.5. The summed E-state index contributed by atoms with van der Waals surface area (Å²) >= 11 is 7.49. The molecule has 0 atom stereocenters. The molecule has 140 valence electrons. The molecule has 0 N–H and O–H groups in total. The van der Waals surface area contributed by atoms with E-state index in [1.165, 1.54) is 28.0 Å². The van der Waals surface area contributed by atoms with Crippen LogP contribution in [0, 0.1) is 0 Å². The molecule has 0 unspecified atom stereocenters. The van der Waals surface area contributed by atoms with Gasteiger partial charge in [0.2, 0.25) is 0 Å². The molecule has 1 aliphatic heterocycles. The number of hydrogen-bond acceptors (Lipinski definition) is 3. The molecular formula is C18H13ClF3N3OS. The van der Waals surface area contributed by atoms with Crippen molar-refractivity contribution in [1.29, 1.82) is 0 Å². The number of benzene rings is 1. The van der Waals surface area contributed by atoms with Crippen LogP contribution in [0.2, 0.25) is 5.02 Å². The number of nitrogens with zero attached hydrogens (tertiary/aromatic N) is 3. The number of amides is 1. The van der Waals surface area contributed by atoms with Gasteiger partial charge >= 0.3 is 6.18 Å². The molecule has 0 saturated heterocycles. The minimum absolute atomic E-state index is 0.146. The third-order valence-electron chi connectivity index (χ3n) is 4.42. The fourth-order valence-electron chi connectivity index (χ4n) is 3.17. The number of alkyl halides is 3. The van der Waals surface area contributed by atoms with Crippen molar-refractivity contribution in [2.75, 3.05) is 6.54 Å². The molecule has 1 amide bonds. The molecule has 2 aromatic heterocycles. The first-order chi connectivity index (χ1) is 12.8. The third-order valence-corrected chi connectivity index (χ3v) is 5.67. The average Bonchev–Trinajstić information content (AvgIpc) is 3.27. The van der Waals surface area contributed by atoms with Crippen molar-refractivity contribution in [2.24, 2.45) is 0 Å². The van der Waals surface area contributed by atoms with Crippen molar-refractivity contribution in [1.82, 2.24) is 14.7 Å². The van der Waals surface area contributed by atoms with Gasteiger partial charge in [-0.05, 0) is 41.6 Å². The number of carbonyl (C=O) groups excluding carboxylic acids is 1. The lowest BCUT2D eigenvalue weighted by molar-refractivity contribution is -0.143. The van der Waals surface area contributed by atoms with Gasteiger partial charge in [0, 0.05) is 23.0 Å². The van der Waals surface area contributed by atoms with E-state index >= 15 is 0 Å². The van der Waals surface area contributed by atoms with Gasteiger partial charge < -0.3 is 4.90 Å². The summed E-state index contributed by atoms with van der Waals surface area (Å²) in [5.74, 6) is -0.674. The van der Waals surface area contributed by atoms with Crippen LogP contribution >= 0.6 is 22.9 Å². The van der Waals surface area contributed by atoms with Gasteiger partial charge in [-0.15, -0.1) is 11.3 Å². The normalized spacial score (nSPS) is 14.3. The smallest absolute Gasteiger partial charge is 0.334 e. The summed E-state index contributed by atoms with van der Waals surface area (Å²) in [6.45, 7) is 0.684. The van der Waals surface area contributed by atoms with Crippen LogP contribution in [0.4, 0.5) is 13.2 Å². The summed E-state index contributed by atoms with van der Waals surface area (Å²) in [6.07, 6.45) is -3.12. The SMILES string of the molecule is O=C(c1cnn(-c2cccc(Cl)c2)c1C(F)(F)F)N1CCc2sccc2C1. The molecule has 1 aliphatic rings. The molecule has 3 heterocycles. The van der Waals surface area contributed by atoms with Crippen molar-refractivity contribution in [3.63, 3.8) is 0 Å². The minimum atomic E-state index is -4.74. The first-order valence-corrected chi connectivity index (χ1v) is 9.36. The number of fused-ring (bicyclic) bond motifs is 1. The van der Waals surface area contributed by atoms with E-state index in [4.69, 9.17) is 11.6 Å². The summed E-state index contributed by atoms with van der Waals surface area (Å²) in [4.78, 5) is 15.5. The van der Waals surface area contributed by atoms with Crippen molar-refractivity contribution in [3.05, 3.63) is 68.6 Å². The maximum atomic E-state index is 13.8. The quantitative estimate of drug-likeness (QED) is 0.607.